The fraction of sp³-hybridized carbons (Fsp3) is 0.450. The van der Waals surface area contributed by atoms with Crippen LogP contribution in [0.15, 0.2) is 42.7 Å². The number of alkyl carbamates (subject to hydrolysis) is 1. The molecule has 1 heterocycles. The van der Waals surface area contributed by atoms with Gasteiger partial charge in [-0.25, -0.2) is 9.48 Å². The monoisotopic (exact) mass is 372 g/mol. The van der Waals surface area contributed by atoms with Crippen LogP contribution in [-0.2, 0) is 16.0 Å². The number of carbonyl (C=O) groups is 2. The van der Waals surface area contributed by atoms with E-state index >= 15 is 0 Å². The summed E-state index contributed by atoms with van der Waals surface area (Å²) in [6.45, 7) is 6.43. The summed E-state index contributed by atoms with van der Waals surface area (Å²) in [6, 6.07) is 9.97. The Kier molecular flexibility index (Phi) is 7.40. The van der Waals surface area contributed by atoms with E-state index in [1.54, 1.807) is 10.9 Å². The van der Waals surface area contributed by atoms with Crippen LogP contribution in [0.1, 0.15) is 39.2 Å². The average Bonchev–Trinajstić information content (AvgIpc) is 3.12. The van der Waals surface area contributed by atoms with E-state index in [0.717, 1.165) is 17.7 Å². The van der Waals surface area contributed by atoms with E-state index in [1.807, 2.05) is 57.3 Å². The minimum atomic E-state index is -0.516. The van der Waals surface area contributed by atoms with Crippen molar-refractivity contribution in [2.75, 3.05) is 13.1 Å². The first-order chi connectivity index (χ1) is 12.8. The molecule has 2 aromatic rings. The summed E-state index contributed by atoms with van der Waals surface area (Å²) < 4.78 is 6.94. The van der Waals surface area contributed by atoms with Gasteiger partial charge in [-0.15, -0.1) is 0 Å². The van der Waals surface area contributed by atoms with E-state index in [2.05, 4.69) is 15.7 Å². The largest absolute Gasteiger partial charge is 0.444 e. The first kappa shape index (κ1) is 20.5. The van der Waals surface area contributed by atoms with Gasteiger partial charge in [-0.3, -0.25) is 4.79 Å². The van der Waals surface area contributed by atoms with Crippen LogP contribution in [-0.4, -0.2) is 40.5 Å². The molecule has 0 saturated heterocycles. The SMILES string of the molecule is CC(C)(C)OC(=O)NCCCC(=O)NCCc1ccc(-n2cccn2)cc1. The summed E-state index contributed by atoms with van der Waals surface area (Å²) in [6.07, 6.45) is 4.89. The van der Waals surface area contributed by atoms with Gasteiger partial charge in [0.2, 0.25) is 5.91 Å². The maximum Gasteiger partial charge on any atom is 0.407 e. The zero-order chi connectivity index (χ0) is 19.7. The zero-order valence-corrected chi connectivity index (χ0v) is 16.2. The molecule has 0 fully saturated rings. The number of hydrogen-bond acceptors (Lipinski definition) is 4. The second-order valence-corrected chi connectivity index (χ2v) is 7.25. The summed E-state index contributed by atoms with van der Waals surface area (Å²) in [7, 11) is 0. The number of hydrogen-bond donors (Lipinski definition) is 2. The number of ether oxygens (including phenoxy) is 1. The Labute approximate surface area is 160 Å². The Hall–Kier alpha value is -2.83. The highest BCUT2D eigenvalue weighted by molar-refractivity contribution is 5.76. The molecule has 1 aromatic carbocycles. The molecule has 2 N–H and O–H groups in total. The lowest BCUT2D eigenvalue weighted by Crippen LogP contribution is -2.33. The van der Waals surface area contributed by atoms with Gasteiger partial charge in [-0.05, 0) is 57.4 Å². The van der Waals surface area contributed by atoms with Crippen molar-refractivity contribution in [2.45, 2.75) is 45.6 Å². The molecule has 0 aliphatic carbocycles. The molecular weight excluding hydrogens is 344 g/mol. The van der Waals surface area contributed by atoms with Crippen LogP contribution >= 0.6 is 0 Å². The molecule has 0 spiro atoms. The van der Waals surface area contributed by atoms with E-state index in [4.69, 9.17) is 4.74 Å². The number of nitrogens with one attached hydrogen (secondary N) is 2. The van der Waals surface area contributed by atoms with E-state index in [9.17, 15) is 9.59 Å². The number of amides is 2. The molecule has 27 heavy (non-hydrogen) atoms. The van der Waals surface area contributed by atoms with Crippen LogP contribution < -0.4 is 10.6 Å². The molecule has 0 atom stereocenters. The van der Waals surface area contributed by atoms with Gasteiger partial charge in [0.25, 0.3) is 0 Å². The molecule has 0 aliphatic rings. The topological polar surface area (TPSA) is 85.2 Å². The highest BCUT2D eigenvalue weighted by Crippen LogP contribution is 2.09. The van der Waals surface area contributed by atoms with Gasteiger partial charge in [0, 0.05) is 31.9 Å². The number of carbonyl (C=O) groups excluding carboxylic acids is 2. The van der Waals surface area contributed by atoms with Crippen LogP contribution in [0.4, 0.5) is 4.79 Å². The minimum Gasteiger partial charge on any atom is -0.444 e. The Morgan fingerprint density at radius 2 is 1.85 bits per heavy atom. The quantitative estimate of drug-likeness (QED) is 0.698. The lowest BCUT2D eigenvalue weighted by atomic mass is 10.1. The Bertz CT molecular complexity index is 719. The van der Waals surface area contributed by atoms with Crippen molar-refractivity contribution in [1.29, 1.82) is 0 Å². The van der Waals surface area contributed by atoms with Gasteiger partial charge < -0.3 is 15.4 Å². The van der Waals surface area contributed by atoms with Gasteiger partial charge in [-0.1, -0.05) is 12.1 Å². The highest BCUT2D eigenvalue weighted by Gasteiger charge is 2.15. The Morgan fingerprint density at radius 3 is 2.48 bits per heavy atom. The first-order valence-electron chi connectivity index (χ1n) is 9.16. The average molecular weight is 372 g/mol. The Morgan fingerprint density at radius 1 is 1.11 bits per heavy atom. The molecule has 0 radical (unpaired) electrons. The third-order valence-corrected chi connectivity index (χ3v) is 3.69. The normalized spacial score (nSPS) is 11.1. The van der Waals surface area contributed by atoms with Crippen LogP contribution in [0.3, 0.4) is 0 Å². The second-order valence-electron chi connectivity index (χ2n) is 7.25. The molecule has 0 unspecified atom stereocenters. The summed E-state index contributed by atoms with van der Waals surface area (Å²) in [5.41, 5.74) is 1.64. The Balaban J connectivity index is 1.59. The van der Waals surface area contributed by atoms with Crippen LogP contribution in [0.2, 0.25) is 0 Å². The lowest BCUT2D eigenvalue weighted by molar-refractivity contribution is -0.121. The van der Waals surface area contributed by atoms with Gasteiger partial charge in [0.1, 0.15) is 5.60 Å². The number of nitrogens with zero attached hydrogens (tertiary/aromatic N) is 2. The van der Waals surface area contributed by atoms with Gasteiger partial charge in [0.15, 0.2) is 0 Å². The van der Waals surface area contributed by atoms with Crippen LogP contribution in [0, 0.1) is 0 Å². The van der Waals surface area contributed by atoms with Crippen molar-refractivity contribution in [3.63, 3.8) is 0 Å². The van der Waals surface area contributed by atoms with E-state index in [-0.39, 0.29) is 5.91 Å². The van der Waals surface area contributed by atoms with Crippen molar-refractivity contribution in [2.24, 2.45) is 0 Å². The van der Waals surface area contributed by atoms with E-state index in [0.29, 0.717) is 25.9 Å². The van der Waals surface area contributed by atoms with E-state index < -0.39 is 11.7 Å². The molecule has 1 aromatic heterocycles. The molecule has 2 amide bonds. The van der Waals surface area contributed by atoms with Crippen molar-refractivity contribution < 1.29 is 14.3 Å². The smallest absolute Gasteiger partial charge is 0.407 e. The fourth-order valence-electron chi connectivity index (χ4n) is 2.43. The summed E-state index contributed by atoms with van der Waals surface area (Å²) in [5, 5.41) is 9.74. The predicted molar refractivity (Wildman–Crippen MR) is 104 cm³/mol. The summed E-state index contributed by atoms with van der Waals surface area (Å²) in [4.78, 5) is 23.3. The van der Waals surface area contributed by atoms with Gasteiger partial charge in [-0.2, -0.15) is 5.10 Å². The van der Waals surface area contributed by atoms with Gasteiger partial charge >= 0.3 is 6.09 Å². The minimum absolute atomic E-state index is 0.0193. The third kappa shape index (κ3) is 7.94. The van der Waals surface area contributed by atoms with Crippen molar-refractivity contribution in [3.8, 4) is 5.69 Å². The van der Waals surface area contributed by atoms with Gasteiger partial charge in [0.05, 0.1) is 5.69 Å². The van der Waals surface area contributed by atoms with E-state index in [1.165, 1.54) is 0 Å². The maximum atomic E-state index is 11.8. The van der Waals surface area contributed by atoms with Crippen molar-refractivity contribution >= 4 is 12.0 Å². The van der Waals surface area contributed by atoms with Crippen molar-refractivity contribution in [1.82, 2.24) is 20.4 Å². The molecule has 7 nitrogen and oxygen atoms in total. The molecule has 0 bridgehead atoms. The highest BCUT2D eigenvalue weighted by atomic mass is 16.6. The van der Waals surface area contributed by atoms with Crippen molar-refractivity contribution in [3.05, 3.63) is 48.3 Å². The summed E-state index contributed by atoms with van der Waals surface area (Å²) in [5.74, 6) is -0.0193. The lowest BCUT2D eigenvalue weighted by Gasteiger charge is -2.19. The van der Waals surface area contributed by atoms with Crippen LogP contribution in [0.5, 0.6) is 0 Å². The zero-order valence-electron chi connectivity index (χ0n) is 16.2. The number of rotatable bonds is 8. The number of benzene rings is 1. The molecule has 7 heteroatoms. The number of aromatic nitrogens is 2. The third-order valence-electron chi connectivity index (χ3n) is 3.69. The molecule has 2 rings (SSSR count). The molecular formula is C20H28N4O3. The fourth-order valence-corrected chi connectivity index (χ4v) is 2.43. The molecule has 0 aliphatic heterocycles. The maximum absolute atomic E-state index is 11.8. The molecule has 0 saturated carbocycles. The molecule has 146 valence electrons. The second kappa shape index (κ2) is 9.75. The standard InChI is InChI=1S/C20H28N4O3/c1-20(2,3)27-19(26)22-12-4-6-18(25)21-14-11-16-7-9-17(10-8-16)24-15-5-13-23-24/h5,7-10,13,15H,4,6,11-12,14H2,1-3H3,(H,21,25)(H,22,26). The predicted octanol–water partition coefficient (Wildman–Crippen LogP) is 2.84. The first-order valence-corrected chi connectivity index (χ1v) is 9.16. The summed E-state index contributed by atoms with van der Waals surface area (Å²) >= 11 is 0. The van der Waals surface area contributed by atoms with Crippen LogP contribution in [0.25, 0.3) is 5.69 Å².